The fourth-order valence-electron chi connectivity index (χ4n) is 1.58. The number of ether oxygens (including phenoxy) is 3. The molecular formula is C10H12O4. The van der Waals surface area contributed by atoms with Crippen molar-refractivity contribution in [2.45, 2.75) is 13.3 Å². The van der Waals surface area contributed by atoms with Crippen molar-refractivity contribution in [3.63, 3.8) is 0 Å². The van der Waals surface area contributed by atoms with Crippen molar-refractivity contribution < 1.29 is 19.0 Å². The highest BCUT2D eigenvalue weighted by Crippen LogP contribution is 2.33. The van der Waals surface area contributed by atoms with Crippen LogP contribution < -0.4 is 0 Å². The molecule has 0 N–H and O–H groups in total. The number of methoxy groups -OCH3 is 1. The Hall–Kier alpha value is -1.45. The lowest BCUT2D eigenvalue weighted by Crippen LogP contribution is -2.01. The van der Waals surface area contributed by atoms with Crippen LogP contribution in [0.25, 0.3) is 0 Å². The van der Waals surface area contributed by atoms with Gasteiger partial charge in [0.25, 0.3) is 0 Å². The van der Waals surface area contributed by atoms with Gasteiger partial charge in [0.2, 0.25) is 5.76 Å². The Morgan fingerprint density at radius 2 is 2.36 bits per heavy atom. The summed E-state index contributed by atoms with van der Waals surface area (Å²) in [5.41, 5.74) is 0. The molecule has 2 heterocycles. The van der Waals surface area contributed by atoms with E-state index in [2.05, 4.69) is 0 Å². The van der Waals surface area contributed by atoms with Gasteiger partial charge >= 0.3 is 5.97 Å². The number of carbonyl (C=O) groups excluding carboxylic acids is 1. The number of rotatable bonds is 1. The molecule has 76 valence electrons. The van der Waals surface area contributed by atoms with Gasteiger partial charge in [-0.2, -0.15) is 0 Å². The summed E-state index contributed by atoms with van der Waals surface area (Å²) in [6.45, 7) is 2.71. The van der Waals surface area contributed by atoms with Crippen LogP contribution in [0.5, 0.6) is 0 Å². The SMILES string of the molecule is COC1=CC(=O)O/C1=C1\OCCC1C. The fourth-order valence-corrected chi connectivity index (χ4v) is 1.58. The molecule has 1 saturated heterocycles. The van der Waals surface area contributed by atoms with Crippen LogP contribution in [-0.4, -0.2) is 19.7 Å². The Morgan fingerprint density at radius 3 is 2.93 bits per heavy atom. The molecule has 0 radical (unpaired) electrons. The van der Waals surface area contributed by atoms with E-state index in [1.165, 1.54) is 13.2 Å². The average molecular weight is 196 g/mol. The summed E-state index contributed by atoms with van der Waals surface area (Å²) < 4.78 is 15.5. The molecule has 0 bridgehead atoms. The lowest BCUT2D eigenvalue weighted by molar-refractivity contribution is -0.132. The molecule has 0 aromatic rings. The Kier molecular flexibility index (Phi) is 2.19. The molecule has 0 saturated carbocycles. The van der Waals surface area contributed by atoms with Crippen molar-refractivity contribution in [1.82, 2.24) is 0 Å². The Bertz CT molecular complexity index is 327. The molecule has 0 aromatic carbocycles. The second-order valence-electron chi connectivity index (χ2n) is 3.37. The van der Waals surface area contributed by atoms with Gasteiger partial charge in [0, 0.05) is 5.92 Å². The maximum atomic E-state index is 11.0. The molecule has 1 fully saturated rings. The lowest BCUT2D eigenvalue weighted by atomic mass is 10.1. The van der Waals surface area contributed by atoms with Crippen LogP contribution in [0.3, 0.4) is 0 Å². The van der Waals surface area contributed by atoms with E-state index in [9.17, 15) is 4.79 Å². The highest BCUT2D eigenvalue weighted by Gasteiger charge is 2.31. The summed E-state index contributed by atoms with van der Waals surface area (Å²) >= 11 is 0. The first-order chi connectivity index (χ1) is 6.72. The first kappa shape index (κ1) is 9.12. The molecule has 14 heavy (non-hydrogen) atoms. The lowest BCUT2D eigenvalue weighted by Gasteiger charge is -2.09. The van der Waals surface area contributed by atoms with Gasteiger partial charge in [-0.15, -0.1) is 0 Å². The number of allylic oxidation sites excluding steroid dienone is 1. The average Bonchev–Trinajstić information content (AvgIpc) is 2.71. The van der Waals surface area contributed by atoms with E-state index in [1.54, 1.807) is 0 Å². The molecular weight excluding hydrogens is 184 g/mol. The van der Waals surface area contributed by atoms with Crippen LogP contribution in [0, 0.1) is 5.92 Å². The van der Waals surface area contributed by atoms with Crippen LogP contribution in [0.15, 0.2) is 23.4 Å². The summed E-state index contributed by atoms with van der Waals surface area (Å²) in [6, 6.07) is 0. The second kappa shape index (κ2) is 3.36. The monoisotopic (exact) mass is 196 g/mol. The zero-order valence-corrected chi connectivity index (χ0v) is 8.20. The van der Waals surface area contributed by atoms with Crippen LogP contribution in [-0.2, 0) is 19.0 Å². The highest BCUT2D eigenvalue weighted by molar-refractivity contribution is 5.87. The van der Waals surface area contributed by atoms with Crippen molar-refractivity contribution in [1.29, 1.82) is 0 Å². The third-order valence-corrected chi connectivity index (χ3v) is 2.38. The molecule has 2 aliphatic rings. The second-order valence-corrected chi connectivity index (χ2v) is 3.37. The minimum Gasteiger partial charge on any atom is -0.494 e. The minimum absolute atomic E-state index is 0.287. The van der Waals surface area contributed by atoms with Gasteiger partial charge in [-0.1, -0.05) is 6.92 Å². The number of esters is 1. The van der Waals surface area contributed by atoms with Gasteiger partial charge in [-0.25, -0.2) is 4.79 Å². The van der Waals surface area contributed by atoms with E-state index >= 15 is 0 Å². The van der Waals surface area contributed by atoms with Crippen molar-refractivity contribution in [3.05, 3.63) is 23.4 Å². The molecule has 4 nitrogen and oxygen atoms in total. The van der Waals surface area contributed by atoms with Crippen LogP contribution >= 0.6 is 0 Å². The maximum Gasteiger partial charge on any atom is 0.340 e. The van der Waals surface area contributed by atoms with Gasteiger partial charge < -0.3 is 14.2 Å². The summed E-state index contributed by atoms with van der Waals surface area (Å²) in [4.78, 5) is 11.0. The van der Waals surface area contributed by atoms with Gasteiger partial charge in [0.15, 0.2) is 5.76 Å². The summed E-state index contributed by atoms with van der Waals surface area (Å²) in [5.74, 6) is 1.52. The van der Waals surface area contributed by atoms with E-state index in [4.69, 9.17) is 14.2 Å². The standard InChI is InChI=1S/C10H12O4/c1-6-3-4-13-9(6)10-7(12-2)5-8(11)14-10/h5-6H,3-4H2,1-2H3/b10-9-. The zero-order chi connectivity index (χ0) is 10.1. The van der Waals surface area contributed by atoms with Crippen molar-refractivity contribution in [2.75, 3.05) is 13.7 Å². The first-order valence-corrected chi connectivity index (χ1v) is 4.57. The molecule has 0 amide bonds. The van der Waals surface area contributed by atoms with Gasteiger partial charge in [0.1, 0.15) is 5.76 Å². The summed E-state index contributed by atoms with van der Waals surface area (Å²) in [7, 11) is 1.51. The predicted octanol–water partition coefficient (Wildman–Crippen LogP) is 1.34. The molecule has 2 aliphatic heterocycles. The molecule has 2 rings (SSSR count). The van der Waals surface area contributed by atoms with E-state index in [0.717, 1.165) is 12.2 Å². The molecule has 0 aromatic heterocycles. The highest BCUT2D eigenvalue weighted by atomic mass is 16.6. The number of cyclic esters (lactones) is 1. The van der Waals surface area contributed by atoms with Gasteiger partial charge in [-0.05, 0) is 6.42 Å². The quantitative estimate of drug-likeness (QED) is 0.594. The molecule has 4 heteroatoms. The first-order valence-electron chi connectivity index (χ1n) is 4.57. The minimum atomic E-state index is -0.396. The number of hydrogen-bond acceptors (Lipinski definition) is 4. The normalized spacial score (nSPS) is 31.1. The van der Waals surface area contributed by atoms with Gasteiger partial charge in [0.05, 0.1) is 19.8 Å². The topological polar surface area (TPSA) is 44.8 Å². The Labute approximate surface area is 82.1 Å². The zero-order valence-electron chi connectivity index (χ0n) is 8.20. The van der Waals surface area contributed by atoms with Gasteiger partial charge in [-0.3, -0.25) is 0 Å². The molecule has 0 spiro atoms. The fraction of sp³-hybridized carbons (Fsp3) is 0.500. The molecule has 1 atom stereocenters. The van der Waals surface area contributed by atoms with E-state index < -0.39 is 5.97 Å². The Balaban J connectivity index is 2.34. The largest absolute Gasteiger partial charge is 0.494 e. The van der Waals surface area contributed by atoms with Crippen LogP contribution in [0.4, 0.5) is 0 Å². The number of hydrogen-bond donors (Lipinski definition) is 0. The Morgan fingerprint density at radius 1 is 1.57 bits per heavy atom. The van der Waals surface area contributed by atoms with Crippen LogP contribution in [0.1, 0.15) is 13.3 Å². The van der Waals surface area contributed by atoms with E-state index in [1.807, 2.05) is 6.92 Å². The summed E-state index contributed by atoms with van der Waals surface area (Å²) in [6.07, 6.45) is 2.28. The van der Waals surface area contributed by atoms with Crippen LogP contribution in [0.2, 0.25) is 0 Å². The van der Waals surface area contributed by atoms with E-state index in [-0.39, 0.29) is 5.92 Å². The van der Waals surface area contributed by atoms with Crippen molar-refractivity contribution in [2.24, 2.45) is 5.92 Å². The maximum absolute atomic E-state index is 11.0. The van der Waals surface area contributed by atoms with Crippen molar-refractivity contribution in [3.8, 4) is 0 Å². The van der Waals surface area contributed by atoms with E-state index in [0.29, 0.717) is 18.1 Å². The third kappa shape index (κ3) is 1.36. The van der Waals surface area contributed by atoms with Crippen molar-refractivity contribution >= 4 is 5.97 Å². The smallest absolute Gasteiger partial charge is 0.340 e. The number of carbonyl (C=O) groups is 1. The third-order valence-electron chi connectivity index (χ3n) is 2.38. The molecule has 1 unspecified atom stereocenters. The molecule has 0 aliphatic carbocycles. The predicted molar refractivity (Wildman–Crippen MR) is 47.9 cm³/mol. The summed E-state index contributed by atoms with van der Waals surface area (Å²) in [5, 5.41) is 0.